The van der Waals surface area contributed by atoms with Crippen molar-refractivity contribution in [1.82, 2.24) is 30.2 Å². The van der Waals surface area contributed by atoms with Crippen LogP contribution in [0.3, 0.4) is 0 Å². The Hall–Kier alpha value is -2.09. The minimum atomic E-state index is -0.0191. The SMILES string of the molecule is Cc1n[nH]c(C)c1CCNC(=O)N1CCN(CC(=O)N2CCCC2)CC1. The molecular formula is C18H30N6O2. The quantitative estimate of drug-likeness (QED) is 0.800. The van der Waals surface area contributed by atoms with Crippen molar-refractivity contribution in [2.24, 2.45) is 0 Å². The molecule has 8 heteroatoms. The lowest BCUT2D eigenvalue weighted by Crippen LogP contribution is -2.53. The minimum absolute atomic E-state index is 0.0191. The van der Waals surface area contributed by atoms with E-state index in [-0.39, 0.29) is 11.9 Å². The zero-order chi connectivity index (χ0) is 18.5. The fourth-order valence-electron chi connectivity index (χ4n) is 3.72. The molecule has 2 saturated heterocycles. The number of nitrogens with zero attached hydrogens (tertiary/aromatic N) is 4. The standard InChI is InChI=1S/C18H30N6O2/c1-14-16(15(2)21-20-14)5-6-19-18(26)24-11-9-22(10-12-24)13-17(25)23-7-3-4-8-23/h3-13H2,1-2H3,(H,19,26)(H,20,21). The van der Waals surface area contributed by atoms with Gasteiger partial charge in [0.25, 0.3) is 0 Å². The van der Waals surface area contributed by atoms with Crippen molar-refractivity contribution in [3.8, 4) is 0 Å². The molecule has 3 heterocycles. The minimum Gasteiger partial charge on any atom is -0.342 e. The number of nitrogens with one attached hydrogen (secondary N) is 2. The first-order chi connectivity index (χ1) is 12.5. The van der Waals surface area contributed by atoms with Gasteiger partial charge >= 0.3 is 6.03 Å². The molecular weight excluding hydrogens is 332 g/mol. The monoisotopic (exact) mass is 362 g/mol. The molecule has 0 radical (unpaired) electrons. The van der Waals surface area contributed by atoms with Crippen molar-refractivity contribution in [2.75, 3.05) is 52.4 Å². The maximum absolute atomic E-state index is 12.3. The Labute approximate surface area is 154 Å². The molecule has 0 bridgehead atoms. The van der Waals surface area contributed by atoms with Gasteiger partial charge in [0, 0.05) is 51.5 Å². The molecule has 2 N–H and O–H groups in total. The Morgan fingerprint density at radius 1 is 1.04 bits per heavy atom. The zero-order valence-electron chi connectivity index (χ0n) is 15.9. The number of rotatable bonds is 5. The van der Waals surface area contributed by atoms with Gasteiger partial charge in [0.05, 0.1) is 12.2 Å². The lowest BCUT2D eigenvalue weighted by molar-refractivity contribution is -0.131. The molecule has 0 spiro atoms. The average Bonchev–Trinajstić information content (AvgIpc) is 3.28. The summed E-state index contributed by atoms with van der Waals surface area (Å²) in [6.07, 6.45) is 3.03. The number of aromatic nitrogens is 2. The molecule has 8 nitrogen and oxygen atoms in total. The van der Waals surface area contributed by atoms with Crippen LogP contribution < -0.4 is 5.32 Å². The van der Waals surface area contributed by atoms with Crippen molar-refractivity contribution in [1.29, 1.82) is 0 Å². The van der Waals surface area contributed by atoms with E-state index < -0.39 is 0 Å². The van der Waals surface area contributed by atoms with E-state index in [2.05, 4.69) is 20.4 Å². The second kappa shape index (κ2) is 8.53. The number of aryl methyl sites for hydroxylation is 2. The number of carbonyl (C=O) groups excluding carboxylic acids is 2. The predicted octanol–water partition coefficient (Wildman–Crippen LogP) is 0.519. The summed E-state index contributed by atoms with van der Waals surface area (Å²) in [7, 11) is 0. The number of carbonyl (C=O) groups is 2. The van der Waals surface area contributed by atoms with Crippen LogP contribution in [-0.2, 0) is 11.2 Å². The van der Waals surface area contributed by atoms with E-state index in [0.29, 0.717) is 26.2 Å². The molecule has 26 heavy (non-hydrogen) atoms. The number of piperazine rings is 1. The van der Waals surface area contributed by atoms with Gasteiger partial charge in [-0.05, 0) is 38.7 Å². The molecule has 2 fully saturated rings. The largest absolute Gasteiger partial charge is 0.342 e. The summed E-state index contributed by atoms with van der Waals surface area (Å²) >= 11 is 0. The number of likely N-dealkylation sites (tertiary alicyclic amines) is 1. The van der Waals surface area contributed by atoms with Gasteiger partial charge in [-0.25, -0.2) is 4.79 Å². The van der Waals surface area contributed by atoms with E-state index in [1.165, 1.54) is 5.56 Å². The third-order valence-electron chi connectivity index (χ3n) is 5.41. The Morgan fingerprint density at radius 3 is 2.35 bits per heavy atom. The van der Waals surface area contributed by atoms with Crippen LogP contribution in [0.4, 0.5) is 4.79 Å². The third-order valence-corrected chi connectivity index (χ3v) is 5.41. The van der Waals surface area contributed by atoms with Crippen LogP contribution in [0.25, 0.3) is 0 Å². The molecule has 0 saturated carbocycles. The fourth-order valence-corrected chi connectivity index (χ4v) is 3.72. The van der Waals surface area contributed by atoms with E-state index in [1.807, 2.05) is 23.6 Å². The number of amides is 3. The molecule has 3 amide bonds. The highest BCUT2D eigenvalue weighted by Gasteiger charge is 2.25. The van der Waals surface area contributed by atoms with E-state index >= 15 is 0 Å². The van der Waals surface area contributed by atoms with Gasteiger partial charge in [-0.3, -0.25) is 14.8 Å². The normalized spacial score (nSPS) is 18.4. The molecule has 3 rings (SSSR count). The molecule has 144 valence electrons. The first-order valence-corrected chi connectivity index (χ1v) is 9.58. The van der Waals surface area contributed by atoms with Crippen LogP contribution in [0, 0.1) is 13.8 Å². The molecule has 0 aromatic carbocycles. The molecule has 2 aliphatic heterocycles. The Morgan fingerprint density at radius 2 is 1.73 bits per heavy atom. The molecule has 0 aliphatic carbocycles. The lowest BCUT2D eigenvalue weighted by Gasteiger charge is -2.35. The molecule has 1 aromatic heterocycles. The van der Waals surface area contributed by atoms with Crippen molar-refractivity contribution in [2.45, 2.75) is 33.1 Å². The fraction of sp³-hybridized carbons (Fsp3) is 0.722. The van der Waals surface area contributed by atoms with Gasteiger partial charge in [-0.2, -0.15) is 5.10 Å². The molecule has 2 aliphatic rings. The van der Waals surface area contributed by atoms with E-state index in [9.17, 15) is 9.59 Å². The maximum Gasteiger partial charge on any atom is 0.317 e. The summed E-state index contributed by atoms with van der Waals surface area (Å²) in [5.41, 5.74) is 3.23. The topological polar surface area (TPSA) is 84.6 Å². The average molecular weight is 362 g/mol. The highest BCUT2D eigenvalue weighted by Crippen LogP contribution is 2.10. The van der Waals surface area contributed by atoms with Gasteiger partial charge < -0.3 is 15.1 Å². The second-order valence-corrected chi connectivity index (χ2v) is 7.25. The third kappa shape index (κ3) is 4.55. The summed E-state index contributed by atoms with van der Waals surface area (Å²) in [5.74, 6) is 0.228. The summed E-state index contributed by atoms with van der Waals surface area (Å²) < 4.78 is 0. The lowest BCUT2D eigenvalue weighted by atomic mass is 10.1. The van der Waals surface area contributed by atoms with Crippen LogP contribution >= 0.6 is 0 Å². The number of hydrogen-bond acceptors (Lipinski definition) is 4. The van der Waals surface area contributed by atoms with Crippen molar-refractivity contribution in [3.05, 3.63) is 17.0 Å². The maximum atomic E-state index is 12.3. The van der Waals surface area contributed by atoms with Crippen LogP contribution in [0.15, 0.2) is 0 Å². The predicted molar refractivity (Wildman–Crippen MR) is 99.0 cm³/mol. The second-order valence-electron chi connectivity index (χ2n) is 7.25. The molecule has 0 atom stereocenters. The Balaban J connectivity index is 1.36. The first kappa shape index (κ1) is 18.7. The van der Waals surface area contributed by atoms with Crippen molar-refractivity contribution >= 4 is 11.9 Å². The Kier molecular flexibility index (Phi) is 6.13. The summed E-state index contributed by atoms with van der Waals surface area (Å²) in [5, 5.41) is 10.1. The van der Waals surface area contributed by atoms with E-state index in [1.54, 1.807) is 0 Å². The van der Waals surface area contributed by atoms with Crippen molar-refractivity contribution < 1.29 is 9.59 Å². The summed E-state index contributed by atoms with van der Waals surface area (Å²) in [6.45, 7) is 9.71. The number of urea groups is 1. The number of aromatic amines is 1. The highest BCUT2D eigenvalue weighted by atomic mass is 16.2. The molecule has 1 aromatic rings. The first-order valence-electron chi connectivity index (χ1n) is 9.58. The number of hydrogen-bond donors (Lipinski definition) is 2. The van der Waals surface area contributed by atoms with Crippen LogP contribution in [0.5, 0.6) is 0 Å². The van der Waals surface area contributed by atoms with E-state index in [0.717, 1.165) is 56.8 Å². The van der Waals surface area contributed by atoms with Crippen LogP contribution in [0.2, 0.25) is 0 Å². The highest BCUT2D eigenvalue weighted by molar-refractivity contribution is 5.78. The summed E-state index contributed by atoms with van der Waals surface area (Å²) in [4.78, 5) is 30.5. The van der Waals surface area contributed by atoms with Crippen LogP contribution in [0.1, 0.15) is 29.8 Å². The van der Waals surface area contributed by atoms with Gasteiger partial charge in [0.1, 0.15) is 0 Å². The van der Waals surface area contributed by atoms with E-state index in [4.69, 9.17) is 0 Å². The smallest absolute Gasteiger partial charge is 0.317 e. The van der Waals surface area contributed by atoms with Gasteiger partial charge in [-0.15, -0.1) is 0 Å². The number of H-pyrrole nitrogens is 1. The van der Waals surface area contributed by atoms with Gasteiger partial charge in [-0.1, -0.05) is 0 Å². The van der Waals surface area contributed by atoms with Gasteiger partial charge in [0.2, 0.25) is 5.91 Å². The van der Waals surface area contributed by atoms with Gasteiger partial charge in [0.15, 0.2) is 0 Å². The van der Waals surface area contributed by atoms with Crippen LogP contribution in [-0.4, -0.2) is 89.2 Å². The van der Waals surface area contributed by atoms with Crippen molar-refractivity contribution in [3.63, 3.8) is 0 Å². The summed E-state index contributed by atoms with van der Waals surface area (Å²) in [6, 6.07) is -0.0191. The zero-order valence-corrected chi connectivity index (χ0v) is 15.9. The Bertz CT molecular complexity index is 610. The molecule has 0 unspecified atom stereocenters.